The van der Waals surface area contributed by atoms with Gasteiger partial charge >= 0.3 is 0 Å². The SMILES string of the molecule is C=CC[C@H](C(C)=O)N1CCOCC1. The molecule has 0 aromatic heterocycles. The first kappa shape index (κ1) is 10.4. The molecule has 0 bridgehead atoms. The molecule has 0 radical (unpaired) electrons. The Morgan fingerprint density at radius 3 is 2.69 bits per heavy atom. The molecule has 0 spiro atoms. The summed E-state index contributed by atoms with van der Waals surface area (Å²) in [5.74, 6) is 0.224. The van der Waals surface area contributed by atoms with Crippen molar-refractivity contribution in [2.24, 2.45) is 0 Å². The number of hydrogen-bond acceptors (Lipinski definition) is 3. The average Bonchev–Trinajstić information content (AvgIpc) is 2.15. The molecule has 1 aliphatic rings. The van der Waals surface area contributed by atoms with E-state index in [1.807, 2.05) is 6.08 Å². The second-order valence-electron chi connectivity index (χ2n) is 3.30. The van der Waals surface area contributed by atoms with E-state index in [2.05, 4.69) is 11.5 Å². The maximum Gasteiger partial charge on any atom is 0.147 e. The van der Waals surface area contributed by atoms with Crippen molar-refractivity contribution in [2.45, 2.75) is 19.4 Å². The Kier molecular flexibility index (Phi) is 4.12. The Bertz CT molecular complexity index is 185. The second-order valence-corrected chi connectivity index (χ2v) is 3.30. The van der Waals surface area contributed by atoms with Gasteiger partial charge in [0, 0.05) is 13.1 Å². The molecule has 1 heterocycles. The lowest BCUT2D eigenvalue weighted by Crippen LogP contribution is -2.46. The Morgan fingerprint density at radius 1 is 1.62 bits per heavy atom. The topological polar surface area (TPSA) is 29.5 Å². The minimum atomic E-state index is 0.0152. The lowest BCUT2D eigenvalue weighted by atomic mass is 10.1. The van der Waals surface area contributed by atoms with Crippen molar-refractivity contribution in [3.8, 4) is 0 Å². The quantitative estimate of drug-likeness (QED) is 0.605. The van der Waals surface area contributed by atoms with Crippen LogP contribution < -0.4 is 0 Å². The zero-order valence-electron chi connectivity index (χ0n) is 8.16. The lowest BCUT2D eigenvalue weighted by Gasteiger charge is -2.32. The van der Waals surface area contributed by atoms with Crippen LogP contribution in [0.5, 0.6) is 0 Å². The third kappa shape index (κ3) is 2.94. The van der Waals surface area contributed by atoms with Crippen LogP contribution in [0.3, 0.4) is 0 Å². The Morgan fingerprint density at radius 2 is 2.23 bits per heavy atom. The fraction of sp³-hybridized carbons (Fsp3) is 0.700. The first-order valence-electron chi connectivity index (χ1n) is 4.69. The zero-order chi connectivity index (χ0) is 9.68. The summed E-state index contributed by atoms with van der Waals surface area (Å²) < 4.78 is 5.23. The molecule has 0 amide bonds. The van der Waals surface area contributed by atoms with Crippen LogP contribution in [0, 0.1) is 0 Å². The van der Waals surface area contributed by atoms with Crippen LogP contribution >= 0.6 is 0 Å². The predicted octanol–water partition coefficient (Wildman–Crippen LogP) is 0.852. The summed E-state index contributed by atoms with van der Waals surface area (Å²) in [4.78, 5) is 13.5. The highest BCUT2D eigenvalue weighted by Gasteiger charge is 2.22. The van der Waals surface area contributed by atoms with E-state index in [1.165, 1.54) is 0 Å². The molecule has 74 valence electrons. The molecule has 1 rings (SSSR count). The summed E-state index contributed by atoms with van der Waals surface area (Å²) in [7, 11) is 0. The van der Waals surface area contributed by atoms with E-state index >= 15 is 0 Å². The molecule has 1 saturated heterocycles. The van der Waals surface area contributed by atoms with Crippen LogP contribution in [0.2, 0.25) is 0 Å². The predicted molar refractivity (Wildman–Crippen MR) is 51.7 cm³/mol. The number of morpholine rings is 1. The third-order valence-electron chi connectivity index (χ3n) is 2.35. The summed E-state index contributed by atoms with van der Waals surface area (Å²) >= 11 is 0. The van der Waals surface area contributed by atoms with E-state index in [9.17, 15) is 4.79 Å². The lowest BCUT2D eigenvalue weighted by molar-refractivity contribution is -0.123. The number of Topliss-reactive ketones (excluding diaryl/α,β-unsaturated/α-hetero) is 1. The first-order valence-corrected chi connectivity index (χ1v) is 4.69. The highest BCUT2D eigenvalue weighted by atomic mass is 16.5. The summed E-state index contributed by atoms with van der Waals surface area (Å²) in [5, 5.41) is 0. The molecule has 0 aromatic carbocycles. The summed E-state index contributed by atoms with van der Waals surface area (Å²) in [5.41, 5.74) is 0. The second kappa shape index (κ2) is 5.14. The molecule has 13 heavy (non-hydrogen) atoms. The van der Waals surface area contributed by atoms with Gasteiger partial charge in [-0.25, -0.2) is 0 Å². The molecule has 0 unspecified atom stereocenters. The van der Waals surface area contributed by atoms with Crippen molar-refractivity contribution in [2.75, 3.05) is 26.3 Å². The van der Waals surface area contributed by atoms with Crippen LogP contribution in [0.4, 0.5) is 0 Å². The average molecular weight is 183 g/mol. The van der Waals surface area contributed by atoms with E-state index in [-0.39, 0.29) is 11.8 Å². The molecule has 1 atom stereocenters. The van der Waals surface area contributed by atoms with Gasteiger partial charge in [0.15, 0.2) is 0 Å². The maximum atomic E-state index is 11.3. The number of nitrogens with zero attached hydrogens (tertiary/aromatic N) is 1. The van der Waals surface area contributed by atoms with Gasteiger partial charge in [-0.1, -0.05) is 6.08 Å². The first-order chi connectivity index (χ1) is 6.25. The van der Waals surface area contributed by atoms with Crippen molar-refractivity contribution in [1.29, 1.82) is 0 Å². The minimum Gasteiger partial charge on any atom is -0.379 e. The van der Waals surface area contributed by atoms with Gasteiger partial charge in [0.25, 0.3) is 0 Å². The van der Waals surface area contributed by atoms with Crippen molar-refractivity contribution in [1.82, 2.24) is 4.90 Å². The molecular formula is C10H17NO2. The van der Waals surface area contributed by atoms with Gasteiger partial charge in [-0.3, -0.25) is 9.69 Å². The number of carbonyl (C=O) groups excluding carboxylic acids is 1. The molecule has 0 N–H and O–H groups in total. The molecule has 1 aliphatic heterocycles. The number of ketones is 1. The number of carbonyl (C=O) groups is 1. The molecule has 1 fully saturated rings. The van der Waals surface area contributed by atoms with E-state index in [4.69, 9.17) is 4.74 Å². The number of rotatable bonds is 4. The fourth-order valence-electron chi connectivity index (χ4n) is 1.62. The molecule has 3 nitrogen and oxygen atoms in total. The highest BCUT2D eigenvalue weighted by molar-refractivity contribution is 5.81. The third-order valence-corrected chi connectivity index (χ3v) is 2.35. The van der Waals surface area contributed by atoms with Crippen LogP contribution in [-0.2, 0) is 9.53 Å². The van der Waals surface area contributed by atoms with Crippen LogP contribution in [0.1, 0.15) is 13.3 Å². The van der Waals surface area contributed by atoms with E-state index in [0.717, 1.165) is 32.7 Å². The van der Waals surface area contributed by atoms with Crippen LogP contribution in [-0.4, -0.2) is 43.0 Å². The monoisotopic (exact) mass is 183 g/mol. The van der Waals surface area contributed by atoms with Gasteiger partial charge in [0.1, 0.15) is 5.78 Å². The summed E-state index contributed by atoms with van der Waals surface area (Å²) in [6.07, 6.45) is 2.55. The molecule has 0 aliphatic carbocycles. The van der Waals surface area contributed by atoms with E-state index in [1.54, 1.807) is 6.92 Å². The largest absolute Gasteiger partial charge is 0.379 e. The molecule has 0 saturated carbocycles. The van der Waals surface area contributed by atoms with Crippen LogP contribution in [0.25, 0.3) is 0 Å². The molecular weight excluding hydrogens is 166 g/mol. The van der Waals surface area contributed by atoms with Gasteiger partial charge in [-0.15, -0.1) is 6.58 Å². The van der Waals surface area contributed by atoms with Crippen molar-refractivity contribution in [3.63, 3.8) is 0 Å². The molecule has 3 heteroatoms. The zero-order valence-corrected chi connectivity index (χ0v) is 8.16. The smallest absolute Gasteiger partial charge is 0.147 e. The Hall–Kier alpha value is -0.670. The van der Waals surface area contributed by atoms with Crippen molar-refractivity contribution in [3.05, 3.63) is 12.7 Å². The fourth-order valence-corrected chi connectivity index (χ4v) is 1.62. The van der Waals surface area contributed by atoms with Crippen molar-refractivity contribution >= 4 is 5.78 Å². The van der Waals surface area contributed by atoms with Crippen LogP contribution in [0.15, 0.2) is 12.7 Å². The van der Waals surface area contributed by atoms with Gasteiger partial charge in [0.2, 0.25) is 0 Å². The Balaban J connectivity index is 2.51. The van der Waals surface area contributed by atoms with E-state index in [0.29, 0.717) is 0 Å². The van der Waals surface area contributed by atoms with Gasteiger partial charge in [0.05, 0.1) is 19.3 Å². The number of hydrogen-bond donors (Lipinski definition) is 0. The normalized spacial score (nSPS) is 21.0. The minimum absolute atomic E-state index is 0.0152. The van der Waals surface area contributed by atoms with Gasteiger partial charge in [-0.2, -0.15) is 0 Å². The van der Waals surface area contributed by atoms with Gasteiger partial charge < -0.3 is 4.74 Å². The maximum absolute atomic E-state index is 11.3. The standard InChI is InChI=1S/C10H17NO2/c1-3-4-10(9(2)12)11-5-7-13-8-6-11/h3,10H,1,4-8H2,2H3/t10-/m1/s1. The van der Waals surface area contributed by atoms with Crippen molar-refractivity contribution < 1.29 is 9.53 Å². The summed E-state index contributed by atoms with van der Waals surface area (Å²) in [6.45, 7) is 8.50. The molecule has 0 aromatic rings. The summed E-state index contributed by atoms with van der Waals surface area (Å²) in [6, 6.07) is 0.0152. The number of ether oxygens (including phenoxy) is 1. The Labute approximate surface area is 79.4 Å². The van der Waals surface area contributed by atoms with Gasteiger partial charge in [-0.05, 0) is 13.3 Å². The highest BCUT2D eigenvalue weighted by Crippen LogP contribution is 2.08. The van der Waals surface area contributed by atoms with E-state index < -0.39 is 0 Å².